The first-order valence-corrected chi connectivity index (χ1v) is 3.30. The van der Waals surface area contributed by atoms with Crippen molar-refractivity contribution in [2.24, 2.45) is 0 Å². The van der Waals surface area contributed by atoms with Crippen LogP contribution in [0.15, 0.2) is 0 Å². The van der Waals surface area contributed by atoms with Gasteiger partial charge in [0.1, 0.15) is 0 Å². The van der Waals surface area contributed by atoms with E-state index < -0.39 is 18.0 Å². The molecule has 0 amide bonds. The molecular weight excluding hydrogens is 136 g/mol. The molecule has 0 saturated heterocycles. The van der Waals surface area contributed by atoms with Crippen molar-refractivity contribution in [2.75, 3.05) is 0 Å². The van der Waals surface area contributed by atoms with Crippen LogP contribution in [0.5, 0.6) is 0 Å². The molecule has 0 aliphatic heterocycles. The number of aliphatic hydroxyl groups excluding tert-OH is 2. The summed E-state index contributed by atoms with van der Waals surface area (Å²) in [6.45, 7) is 0. The van der Waals surface area contributed by atoms with Crippen LogP contribution in [-0.4, -0.2) is 38.4 Å². The standard InChI is InChI=1S/C6H12O4/c7-4-1-5(8)3-6(9,10)2-4/h4-5,7-10H,1-3H2. The average Bonchev–Trinajstić information content (AvgIpc) is 1.54. The Labute approximate surface area is 58.7 Å². The van der Waals surface area contributed by atoms with Crippen LogP contribution in [0.1, 0.15) is 19.3 Å². The molecule has 4 nitrogen and oxygen atoms in total. The molecule has 2 atom stereocenters. The highest BCUT2D eigenvalue weighted by atomic mass is 16.5. The van der Waals surface area contributed by atoms with Crippen molar-refractivity contribution >= 4 is 0 Å². The van der Waals surface area contributed by atoms with Gasteiger partial charge in [0.15, 0.2) is 5.79 Å². The Bertz CT molecular complexity index is 111. The molecule has 4 N–H and O–H groups in total. The molecule has 0 radical (unpaired) electrons. The van der Waals surface area contributed by atoms with Crippen molar-refractivity contribution < 1.29 is 20.4 Å². The maximum Gasteiger partial charge on any atom is 0.167 e. The van der Waals surface area contributed by atoms with Crippen molar-refractivity contribution in [1.82, 2.24) is 0 Å². The molecule has 1 fully saturated rings. The summed E-state index contributed by atoms with van der Waals surface area (Å²) < 4.78 is 0. The second-order valence-corrected chi connectivity index (χ2v) is 2.93. The zero-order chi connectivity index (χ0) is 7.78. The smallest absolute Gasteiger partial charge is 0.167 e. The van der Waals surface area contributed by atoms with Crippen LogP contribution in [0.4, 0.5) is 0 Å². The molecule has 0 heterocycles. The number of rotatable bonds is 0. The Morgan fingerprint density at radius 1 is 1.00 bits per heavy atom. The zero-order valence-electron chi connectivity index (χ0n) is 5.56. The van der Waals surface area contributed by atoms with Gasteiger partial charge in [-0.15, -0.1) is 0 Å². The van der Waals surface area contributed by atoms with Gasteiger partial charge in [0, 0.05) is 12.8 Å². The minimum absolute atomic E-state index is 0.0654. The van der Waals surface area contributed by atoms with Gasteiger partial charge in [-0.05, 0) is 6.42 Å². The summed E-state index contributed by atoms with van der Waals surface area (Å²) in [4.78, 5) is 0. The minimum Gasteiger partial charge on any atom is -0.393 e. The number of hydrogen-bond donors (Lipinski definition) is 4. The lowest BCUT2D eigenvalue weighted by molar-refractivity contribution is -0.218. The summed E-state index contributed by atoms with van der Waals surface area (Å²) in [6.07, 6.45) is -1.48. The fourth-order valence-corrected chi connectivity index (χ4v) is 1.32. The first-order valence-electron chi connectivity index (χ1n) is 3.30. The summed E-state index contributed by atoms with van der Waals surface area (Å²) >= 11 is 0. The molecule has 2 unspecified atom stereocenters. The van der Waals surface area contributed by atoms with E-state index >= 15 is 0 Å². The highest BCUT2D eigenvalue weighted by Gasteiger charge is 2.35. The fourth-order valence-electron chi connectivity index (χ4n) is 1.32. The second kappa shape index (κ2) is 2.47. The Morgan fingerprint density at radius 2 is 1.40 bits per heavy atom. The molecule has 60 valence electrons. The monoisotopic (exact) mass is 148 g/mol. The topological polar surface area (TPSA) is 80.9 Å². The normalized spacial score (nSPS) is 39.6. The van der Waals surface area contributed by atoms with E-state index in [4.69, 9.17) is 20.4 Å². The van der Waals surface area contributed by atoms with Gasteiger partial charge in [0.25, 0.3) is 0 Å². The van der Waals surface area contributed by atoms with E-state index in [-0.39, 0.29) is 19.3 Å². The molecule has 0 spiro atoms. The van der Waals surface area contributed by atoms with Gasteiger partial charge >= 0.3 is 0 Å². The number of aliphatic hydroxyl groups is 4. The molecule has 0 aromatic carbocycles. The summed E-state index contributed by atoms with van der Waals surface area (Å²) in [7, 11) is 0. The average molecular weight is 148 g/mol. The maximum atomic E-state index is 8.95. The van der Waals surface area contributed by atoms with Crippen molar-refractivity contribution in [3.05, 3.63) is 0 Å². The predicted octanol–water partition coefficient (Wildman–Crippen LogP) is -1.43. The van der Waals surface area contributed by atoms with Crippen LogP contribution in [0, 0.1) is 0 Å². The first-order chi connectivity index (χ1) is 4.49. The van der Waals surface area contributed by atoms with E-state index in [1.165, 1.54) is 0 Å². The Balaban J connectivity index is 2.51. The van der Waals surface area contributed by atoms with E-state index in [1.54, 1.807) is 0 Å². The van der Waals surface area contributed by atoms with Crippen LogP contribution in [0.25, 0.3) is 0 Å². The highest BCUT2D eigenvalue weighted by molar-refractivity contribution is 4.82. The van der Waals surface area contributed by atoms with E-state index in [0.29, 0.717) is 0 Å². The van der Waals surface area contributed by atoms with E-state index in [0.717, 1.165) is 0 Å². The number of hydrogen-bond acceptors (Lipinski definition) is 4. The lowest BCUT2D eigenvalue weighted by Crippen LogP contribution is -2.43. The summed E-state index contributed by atoms with van der Waals surface area (Å²) in [5, 5.41) is 35.8. The molecule has 1 aliphatic carbocycles. The largest absolute Gasteiger partial charge is 0.393 e. The van der Waals surface area contributed by atoms with Crippen LogP contribution in [0.3, 0.4) is 0 Å². The lowest BCUT2D eigenvalue weighted by atomic mass is 9.90. The molecule has 10 heavy (non-hydrogen) atoms. The van der Waals surface area contributed by atoms with Gasteiger partial charge in [0.2, 0.25) is 0 Å². The SMILES string of the molecule is OC1CC(O)CC(O)(O)C1. The summed E-state index contributed by atoms with van der Waals surface area (Å²) in [6, 6.07) is 0. The molecular formula is C6H12O4. The molecule has 4 heteroatoms. The van der Waals surface area contributed by atoms with Gasteiger partial charge in [-0.25, -0.2) is 0 Å². The van der Waals surface area contributed by atoms with Gasteiger partial charge in [-0.2, -0.15) is 0 Å². The van der Waals surface area contributed by atoms with Gasteiger partial charge in [-0.3, -0.25) is 0 Å². The van der Waals surface area contributed by atoms with Gasteiger partial charge in [0.05, 0.1) is 12.2 Å². The van der Waals surface area contributed by atoms with Gasteiger partial charge < -0.3 is 20.4 Å². The highest BCUT2D eigenvalue weighted by Crippen LogP contribution is 2.25. The van der Waals surface area contributed by atoms with E-state index in [1.807, 2.05) is 0 Å². The van der Waals surface area contributed by atoms with Crippen LogP contribution in [0.2, 0.25) is 0 Å². The first kappa shape index (κ1) is 7.94. The van der Waals surface area contributed by atoms with Crippen molar-refractivity contribution in [3.63, 3.8) is 0 Å². The minimum atomic E-state index is -1.88. The quantitative estimate of drug-likeness (QED) is 0.318. The fraction of sp³-hybridized carbons (Fsp3) is 1.00. The Hall–Kier alpha value is -0.160. The third-order valence-electron chi connectivity index (χ3n) is 1.67. The molecule has 0 bridgehead atoms. The van der Waals surface area contributed by atoms with Crippen molar-refractivity contribution in [2.45, 2.75) is 37.3 Å². The second-order valence-electron chi connectivity index (χ2n) is 2.93. The molecule has 1 rings (SSSR count). The zero-order valence-corrected chi connectivity index (χ0v) is 5.56. The third-order valence-corrected chi connectivity index (χ3v) is 1.67. The Kier molecular flexibility index (Phi) is 1.96. The summed E-state index contributed by atoms with van der Waals surface area (Å²) in [5.41, 5.74) is 0. The summed E-state index contributed by atoms with van der Waals surface area (Å²) in [5.74, 6) is -1.88. The maximum absolute atomic E-state index is 8.95. The Morgan fingerprint density at radius 3 is 1.70 bits per heavy atom. The van der Waals surface area contributed by atoms with Crippen molar-refractivity contribution in [1.29, 1.82) is 0 Å². The van der Waals surface area contributed by atoms with Gasteiger partial charge in [-0.1, -0.05) is 0 Å². The van der Waals surface area contributed by atoms with E-state index in [2.05, 4.69) is 0 Å². The van der Waals surface area contributed by atoms with Crippen molar-refractivity contribution in [3.8, 4) is 0 Å². The molecule has 1 aliphatic rings. The van der Waals surface area contributed by atoms with Crippen LogP contribution in [-0.2, 0) is 0 Å². The third kappa shape index (κ3) is 1.91. The molecule has 0 aromatic rings. The molecule has 1 saturated carbocycles. The lowest BCUT2D eigenvalue weighted by Gasteiger charge is -2.32. The van der Waals surface area contributed by atoms with Crippen LogP contribution < -0.4 is 0 Å². The van der Waals surface area contributed by atoms with Crippen LogP contribution >= 0.6 is 0 Å². The predicted molar refractivity (Wildman–Crippen MR) is 33.0 cm³/mol. The molecule has 0 aromatic heterocycles. The van der Waals surface area contributed by atoms with E-state index in [9.17, 15) is 0 Å².